The molecule has 0 unspecified atom stereocenters. The van der Waals surface area contributed by atoms with Crippen LogP contribution in [0.3, 0.4) is 0 Å². The van der Waals surface area contributed by atoms with E-state index in [-0.39, 0.29) is 42.4 Å². The second-order valence-corrected chi connectivity index (χ2v) is 10.3. The van der Waals surface area contributed by atoms with Crippen LogP contribution in [0, 0.1) is 5.92 Å². The van der Waals surface area contributed by atoms with Crippen LogP contribution in [-0.4, -0.2) is 49.6 Å². The quantitative estimate of drug-likeness (QED) is 0.268. The third-order valence-corrected chi connectivity index (χ3v) is 7.51. The van der Waals surface area contributed by atoms with Gasteiger partial charge in [0.25, 0.3) is 5.90 Å². The Morgan fingerprint density at radius 1 is 1.05 bits per heavy atom. The number of anilines is 1. The van der Waals surface area contributed by atoms with E-state index in [1.54, 1.807) is 4.57 Å². The number of imidazole rings is 1. The molecule has 0 saturated heterocycles. The van der Waals surface area contributed by atoms with Gasteiger partial charge in [-0.2, -0.15) is 13.2 Å². The summed E-state index contributed by atoms with van der Waals surface area (Å²) < 4.78 is 47.3. The fourth-order valence-corrected chi connectivity index (χ4v) is 5.07. The summed E-state index contributed by atoms with van der Waals surface area (Å²) >= 11 is 0. The molecule has 1 aliphatic heterocycles. The zero-order valence-corrected chi connectivity index (χ0v) is 21.9. The third kappa shape index (κ3) is 5.59. The molecule has 41 heavy (non-hydrogen) atoms. The van der Waals surface area contributed by atoms with E-state index in [0.29, 0.717) is 23.5 Å². The van der Waals surface area contributed by atoms with Crippen molar-refractivity contribution >= 4 is 28.8 Å². The number of rotatable bonds is 9. The maximum absolute atomic E-state index is 13.2. The molecule has 0 amide bonds. The molecule has 1 aliphatic carbocycles. The molecule has 0 spiro atoms. The third-order valence-electron chi connectivity index (χ3n) is 7.51. The number of carbonyl (C=O) groups is 1. The van der Waals surface area contributed by atoms with Crippen molar-refractivity contribution in [3.63, 3.8) is 0 Å². The second-order valence-electron chi connectivity index (χ2n) is 10.3. The van der Waals surface area contributed by atoms with Crippen LogP contribution >= 0.6 is 0 Å². The predicted molar refractivity (Wildman–Crippen MR) is 145 cm³/mol. The topological polar surface area (TPSA) is 115 Å². The fourth-order valence-electron chi connectivity index (χ4n) is 5.07. The number of carboxylic acids is 1. The van der Waals surface area contributed by atoms with Crippen molar-refractivity contribution in [3.8, 4) is 0 Å². The fraction of sp³-hybridized carbons (Fsp3) is 0.345. The Bertz CT molecular complexity index is 1600. The molecule has 0 radical (unpaired) electrons. The number of alkyl halides is 3. The molecule has 2 aliphatic rings. The number of nitrogens with zero attached hydrogens (tertiary/aromatic N) is 5. The van der Waals surface area contributed by atoms with Crippen molar-refractivity contribution in [3.05, 3.63) is 82.9 Å². The minimum atomic E-state index is -4.46. The van der Waals surface area contributed by atoms with E-state index < -0.39 is 23.5 Å². The highest BCUT2D eigenvalue weighted by Crippen LogP contribution is 2.32. The molecule has 0 bridgehead atoms. The lowest BCUT2D eigenvalue weighted by atomic mass is 9.83. The first-order valence-corrected chi connectivity index (χ1v) is 13.4. The molecule has 3 heterocycles. The van der Waals surface area contributed by atoms with Crippen molar-refractivity contribution in [2.45, 2.75) is 44.4 Å². The highest BCUT2D eigenvalue weighted by molar-refractivity contribution is 5.98. The van der Waals surface area contributed by atoms with Gasteiger partial charge in [-0.05, 0) is 35.6 Å². The molecule has 2 aromatic carbocycles. The lowest BCUT2D eigenvalue weighted by Gasteiger charge is -2.25. The normalized spacial score (nSPS) is 17.2. The maximum Gasteiger partial charge on any atom is 0.416 e. The minimum absolute atomic E-state index is 0.107. The van der Waals surface area contributed by atoms with Gasteiger partial charge in [-0.25, -0.2) is 24.7 Å². The molecule has 212 valence electrons. The van der Waals surface area contributed by atoms with Crippen LogP contribution in [0.5, 0.6) is 0 Å². The average Bonchev–Trinajstić information content (AvgIpc) is 3.56. The van der Waals surface area contributed by atoms with Gasteiger partial charge in [0.05, 0.1) is 12.1 Å². The first-order chi connectivity index (χ1) is 19.8. The minimum Gasteiger partial charge on any atom is -0.475 e. The number of halogens is 3. The van der Waals surface area contributed by atoms with E-state index in [2.05, 4.69) is 20.3 Å². The summed E-state index contributed by atoms with van der Waals surface area (Å²) in [5.41, 5.74) is 1.32. The Labute approximate surface area is 233 Å². The number of nitrogens with one attached hydrogen (secondary N) is 1. The SMILES string of the molecule is O=C(O)c1nc(NCCC2CCC2)c2c(n1)nc(C1=N[C@H](c3ccccc3)CO1)n2Cc1ccc(C(F)(F)F)cc1. The van der Waals surface area contributed by atoms with Gasteiger partial charge in [0.1, 0.15) is 18.2 Å². The molecule has 4 aromatic rings. The van der Waals surface area contributed by atoms with Crippen molar-refractivity contribution in [2.75, 3.05) is 18.5 Å². The Kier molecular flexibility index (Phi) is 7.06. The Balaban J connectivity index is 1.44. The second kappa shape index (κ2) is 10.8. The summed E-state index contributed by atoms with van der Waals surface area (Å²) in [6, 6.07) is 14.2. The first kappa shape index (κ1) is 26.7. The predicted octanol–water partition coefficient (Wildman–Crippen LogP) is 5.71. The number of fused-ring (bicyclic) bond motifs is 1. The zero-order valence-electron chi connectivity index (χ0n) is 21.9. The molecule has 1 fully saturated rings. The highest BCUT2D eigenvalue weighted by atomic mass is 19.4. The molecule has 1 saturated carbocycles. The molecule has 6 rings (SSSR count). The van der Waals surface area contributed by atoms with E-state index in [9.17, 15) is 23.1 Å². The number of benzene rings is 2. The Morgan fingerprint density at radius 3 is 2.46 bits per heavy atom. The van der Waals surface area contributed by atoms with Crippen LogP contribution in [-0.2, 0) is 17.5 Å². The molecule has 1 atom stereocenters. The van der Waals surface area contributed by atoms with Crippen LogP contribution in [0.2, 0.25) is 0 Å². The summed E-state index contributed by atoms with van der Waals surface area (Å²) in [5, 5.41) is 12.9. The van der Waals surface area contributed by atoms with E-state index in [0.717, 1.165) is 37.0 Å². The van der Waals surface area contributed by atoms with Crippen LogP contribution in [0.1, 0.15) is 64.9 Å². The molecule has 9 nitrogen and oxygen atoms in total. The van der Waals surface area contributed by atoms with Crippen molar-refractivity contribution in [1.82, 2.24) is 19.5 Å². The smallest absolute Gasteiger partial charge is 0.416 e. The summed E-state index contributed by atoms with van der Waals surface area (Å²) in [6.45, 7) is 0.959. The van der Waals surface area contributed by atoms with Gasteiger partial charge in [-0.1, -0.05) is 61.7 Å². The number of hydrogen-bond acceptors (Lipinski definition) is 7. The Hall–Kier alpha value is -4.48. The number of aromatic carboxylic acids is 1. The summed E-state index contributed by atoms with van der Waals surface area (Å²) in [7, 11) is 0. The lowest BCUT2D eigenvalue weighted by molar-refractivity contribution is -0.137. The van der Waals surface area contributed by atoms with Gasteiger partial charge < -0.3 is 19.7 Å². The summed E-state index contributed by atoms with van der Waals surface area (Å²) in [6.07, 6.45) is -0.0138. The van der Waals surface area contributed by atoms with Gasteiger partial charge in [-0.15, -0.1) is 0 Å². The van der Waals surface area contributed by atoms with Crippen molar-refractivity contribution in [1.29, 1.82) is 0 Å². The standard InChI is InChI=1S/C29H27F3N6O3/c30-29(31,32)20-11-9-18(10-12-20)15-38-22-23(33-14-13-17-5-4-6-17)35-25(28(39)40)36-24(22)37-26(38)27-34-21(16-41-27)19-7-2-1-3-8-19/h1-3,7-12,17,21H,4-6,13-16H2,(H,39,40)(H,33,35,36)/t21-/m0/s1. The molecular formula is C29H27F3N6O3. The maximum atomic E-state index is 13.2. The number of aromatic nitrogens is 4. The van der Waals surface area contributed by atoms with Gasteiger partial charge in [0, 0.05) is 6.54 Å². The van der Waals surface area contributed by atoms with Crippen molar-refractivity contribution in [2.24, 2.45) is 10.9 Å². The largest absolute Gasteiger partial charge is 0.475 e. The van der Waals surface area contributed by atoms with E-state index in [4.69, 9.17) is 9.73 Å². The van der Waals surface area contributed by atoms with Crippen LogP contribution in [0.25, 0.3) is 11.2 Å². The van der Waals surface area contributed by atoms with Gasteiger partial charge in [0.15, 0.2) is 17.3 Å². The van der Waals surface area contributed by atoms with E-state index in [1.807, 2.05) is 30.3 Å². The first-order valence-electron chi connectivity index (χ1n) is 13.4. The average molecular weight is 565 g/mol. The summed E-state index contributed by atoms with van der Waals surface area (Å²) in [4.78, 5) is 29.7. The van der Waals surface area contributed by atoms with Gasteiger partial charge in [-0.3, -0.25) is 0 Å². The highest BCUT2D eigenvalue weighted by Gasteiger charge is 2.31. The molecule has 12 heteroatoms. The van der Waals surface area contributed by atoms with Crippen LogP contribution in [0.15, 0.2) is 59.6 Å². The van der Waals surface area contributed by atoms with Gasteiger partial charge in [0.2, 0.25) is 5.82 Å². The van der Waals surface area contributed by atoms with Gasteiger partial charge >= 0.3 is 12.1 Å². The molecule has 2 N–H and O–H groups in total. The molecule has 2 aromatic heterocycles. The summed E-state index contributed by atoms with van der Waals surface area (Å²) in [5.74, 6) is -0.284. The zero-order chi connectivity index (χ0) is 28.6. The molecular weight excluding hydrogens is 537 g/mol. The van der Waals surface area contributed by atoms with Crippen LogP contribution < -0.4 is 5.32 Å². The number of aliphatic imine (C=N–C) groups is 1. The number of carboxylic acid groups (broad SMARTS) is 1. The number of hydrogen-bond donors (Lipinski definition) is 2. The lowest BCUT2D eigenvalue weighted by Crippen LogP contribution is -2.18. The van der Waals surface area contributed by atoms with E-state index >= 15 is 0 Å². The monoisotopic (exact) mass is 564 g/mol. The van der Waals surface area contributed by atoms with Crippen LogP contribution in [0.4, 0.5) is 19.0 Å². The van der Waals surface area contributed by atoms with E-state index in [1.165, 1.54) is 18.6 Å². The van der Waals surface area contributed by atoms with Crippen molar-refractivity contribution < 1.29 is 27.8 Å². The Morgan fingerprint density at radius 2 is 1.80 bits per heavy atom. The number of ether oxygens (including phenoxy) is 1.